The second-order valence-corrected chi connectivity index (χ2v) is 7.60. The Labute approximate surface area is 182 Å². The van der Waals surface area contributed by atoms with Gasteiger partial charge in [0.2, 0.25) is 5.91 Å². The van der Waals surface area contributed by atoms with Gasteiger partial charge in [0.25, 0.3) is 0 Å². The lowest BCUT2D eigenvalue weighted by atomic mass is 10.0. The molecule has 0 spiro atoms. The van der Waals surface area contributed by atoms with E-state index >= 15 is 0 Å². The molecule has 1 aliphatic heterocycles. The first-order chi connectivity index (χ1) is 15.2. The van der Waals surface area contributed by atoms with E-state index in [-0.39, 0.29) is 0 Å². The summed E-state index contributed by atoms with van der Waals surface area (Å²) in [6.07, 6.45) is 0.938. The first-order valence-electron chi connectivity index (χ1n) is 10.6. The van der Waals surface area contributed by atoms with Crippen molar-refractivity contribution >= 4 is 16.8 Å². The Hall–Kier alpha value is -3.16. The number of carbonyl (C=O) groups is 1. The topological polar surface area (TPSA) is 89.7 Å². The predicted molar refractivity (Wildman–Crippen MR) is 122 cm³/mol. The highest BCUT2D eigenvalue weighted by molar-refractivity contribution is 6.06. The molecular weight excluding hydrogens is 392 g/mol. The monoisotopic (exact) mass is 420 g/mol. The van der Waals surface area contributed by atoms with E-state index in [1.807, 2.05) is 42.5 Å². The number of amides is 1. The second kappa shape index (κ2) is 9.76. The molecule has 0 aliphatic carbocycles. The van der Waals surface area contributed by atoms with Gasteiger partial charge < -0.3 is 25.4 Å². The zero-order chi connectivity index (χ0) is 21.6. The Kier molecular flexibility index (Phi) is 6.64. The lowest BCUT2D eigenvalue weighted by Gasteiger charge is -2.27. The smallest absolute Gasteiger partial charge is 0.249 e. The van der Waals surface area contributed by atoms with Crippen LogP contribution in [0.1, 0.15) is 16.8 Å². The summed E-state index contributed by atoms with van der Waals surface area (Å²) in [7, 11) is 1.63. The van der Waals surface area contributed by atoms with Crippen LogP contribution in [0.2, 0.25) is 0 Å². The summed E-state index contributed by atoms with van der Waals surface area (Å²) >= 11 is 0. The molecular formula is C24H28N4O3. The van der Waals surface area contributed by atoms with Crippen LogP contribution < -0.4 is 20.5 Å². The fourth-order valence-corrected chi connectivity index (χ4v) is 3.88. The van der Waals surface area contributed by atoms with Crippen molar-refractivity contribution in [3.8, 4) is 22.8 Å². The van der Waals surface area contributed by atoms with Crippen molar-refractivity contribution in [2.45, 2.75) is 6.42 Å². The number of fused-ring (bicyclic) bond motifs is 1. The Bertz CT molecular complexity index is 1060. The van der Waals surface area contributed by atoms with Crippen molar-refractivity contribution in [3.05, 3.63) is 54.1 Å². The Balaban J connectivity index is 1.54. The minimum Gasteiger partial charge on any atom is -0.493 e. The minimum atomic E-state index is -0.474. The molecule has 31 heavy (non-hydrogen) atoms. The van der Waals surface area contributed by atoms with Crippen molar-refractivity contribution in [2.75, 3.05) is 46.4 Å². The molecule has 1 saturated heterocycles. The third-order valence-electron chi connectivity index (χ3n) is 5.53. The highest BCUT2D eigenvalue weighted by atomic mass is 16.5. The average Bonchev–Trinajstić information content (AvgIpc) is 2.81. The molecule has 3 N–H and O–H groups in total. The van der Waals surface area contributed by atoms with Crippen LogP contribution in [0.25, 0.3) is 22.2 Å². The molecule has 2 heterocycles. The van der Waals surface area contributed by atoms with Crippen molar-refractivity contribution in [1.82, 2.24) is 15.2 Å². The average molecular weight is 421 g/mol. The van der Waals surface area contributed by atoms with Crippen LogP contribution in [-0.4, -0.2) is 62.2 Å². The van der Waals surface area contributed by atoms with E-state index in [4.69, 9.17) is 20.2 Å². The van der Waals surface area contributed by atoms with Gasteiger partial charge in [-0.25, -0.2) is 4.98 Å². The number of aromatic nitrogens is 1. The fourth-order valence-electron chi connectivity index (χ4n) is 3.88. The third-order valence-corrected chi connectivity index (χ3v) is 5.53. The molecule has 1 amide bonds. The van der Waals surface area contributed by atoms with Crippen LogP contribution in [0.3, 0.4) is 0 Å². The molecule has 2 aromatic carbocycles. The molecule has 0 atom stereocenters. The van der Waals surface area contributed by atoms with Gasteiger partial charge in [0.1, 0.15) is 0 Å². The molecule has 7 nitrogen and oxygen atoms in total. The number of para-hydroxylation sites is 1. The first-order valence-corrected chi connectivity index (χ1v) is 10.6. The lowest BCUT2D eigenvalue weighted by molar-refractivity contribution is 0.100. The normalized spacial score (nSPS) is 14.5. The molecule has 1 aromatic heterocycles. The predicted octanol–water partition coefficient (Wildman–Crippen LogP) is 2.68. The van der Waals surface area contributed by atoms with E-state index in [0.29, 0.717) is 29.4 Å². The number of benzene rings is 2. The van der Waals surface area contributed by atoms with E-state index in [0.717, 1.165) is 55.6 Å². The van der Waals surface area contributed by atoms with E-state index in [2.05, 4.69) is 10.2 Å². The Morgan fingerprint density at radius 1 is 1.13 bits per heavy atom. The van der Waals surface area contributed by atoms with Crippen molar-refractivity contribution in [1.29, 1.82) is 0 Å². The number of rotatable bonds is 8. The van der Waals surface area contributed by atoms with Crippen LogP contribution in [0.15, 0.2) is 48.5 Å². The SMILES string of the molecule is COc1ccc(-c2cc(C(N)=O)c3ccccc3n2)cc1OCCCN1CCNCC1. The number of carbonyl (C=O) groups excluding carboxylic acids is 1. The molecule has 1 aliphatic rings. The number of nitrogens with two attached hydrogens (primary N) is 1. The summed E-state index contributed by atoms with van der Waals surface area (Å²) in [5.74, 6) is 0.857. The van der Waals surface area contributed by atoms with Gasteiger partial charge in [0.05, 0.1) is 30.5 Å². The van der Waals surface area contributed by atoms with E-state index in [9.17, 15) is 4.79 Å². The number of nitrogens with zero attached hydrogens (tertiary/aromatic N) is 2. The molecule has 4 rings (SSSR count). The largest absolute Gasteiger partial charge is 0.493 e. The van der Waals surface area contributed by atoms with Gasteiger partial charge in [-0.3, -0.25) is 4.79 Å². The number of hydrogen-bond donors (Lipinski definition) is 2. The zero-order valence-electron chi connectivity index (χ0n) is 17.8. The minimum absolute atomic E-state index is 0.454. The second-order valence-electron chi connectivity index (χ2n) is 7.60. The highest BCUT2D eigenvalue weighted by Crippen LogP contribution is 2.33. The van der Waals surface area contributed by atoms with Gasteiger partial charge in [-0.05, 0) is 36.8 Å². The standard InChI is InChI=1S/C24H28N4O3/c1-30-22-8-7-17(15-23(22)31-14-4-11-28-12-9-26-10-13-28)21-16-19(24(25)29)18-5-2-3-6-20(18)27-21/h2-3,5-8,15-16,26H,4,9-14H2,1H3,(H2,25,29). The summed E-state index contributed by atoms with van der Waals surface area (Å²) in [5, 5.41) is 4.11. The maximum Gasteiger partial charge on any atom is 0.249 e. The van der Waals surface area contributed by atoms with Crippen LogP contribution in [0.4, 0.5) is 0 Å². The number of nitrogens with one attached hydrogen (secondary N) is 1. The number of pyridine rings is 1. The quantitative estimate of drug-likeness (QED) is 0.545. The van der Waals surface area contributed by atoms with Gasteiger partial charge in [-0.1, -0.05) is 18.2 Å². The number of primary amides is 1. The summed E-state index contributed by atoms with van der Waals surface area (Å²) in [6, 6.07) is 14.9. The van der Waals surface area contributed by atoms with Gasteiger partial charge in [0, 0.05) is 43.7 Å². The molecule has 7 heteroatoms. The maximum atomic E-state index is 12.0. The Morgan fingerprint density at radius 2 is 1.94 bits per heavy atom. The summed E-state index contributed by atoms with van der Waals surface area (Å²) in [4.78, 5) is 19.2. The lowest BCUT2D eigenvalue weighted by Crippen LogP contribution is -2.43. The highest BCUT2D eigenvalue weighted by Gasteiger charge is 2.14. The van der Waals surface area contributed by atoms with Crippen LogP contribution in [0, 0.1) is 0 Å². The molecule has 3 aromatic rings. The van der Waals surface area contributed by atoms with Crippen molar-refractivity contribution < 1.29 is 14.3 Å². The van der Waals surface area contributed by atoms with Crippen molar-refractivity contribution in [2.24, 2.45) is 5.73 Å². The molecule has 0 unspecified atom stereocenters. The third kappa shape index (κ3) is 4.95. The van der Waals surface area contributed by atoms with Crippen LogP contribution in [-0.2, 0) is 0 Å². The molecule has 1 fully saturated rings. The molecule has 0 bridgehead atoms. The molecule has 162 valence electrons. The van der Waals surface area contributed by atoms with Crippen LogP contribution >= 0.6 is 0 Å². The van der Waals surface area contributed by atoms with Gasteiger partial charge >= 0.3 is 0 Å². The zero-order valence-corrected chi connectivity index (χ0v) is 17.8. The van der Waals surface area contributed by atoms with E-state index in [1.54, 1.807) is 13.2 Å². The molecule has 0 saturated carbocycles. The summed E-state index contributed by atoms with van der Waals surface area (Å²) in [6.45, 7) is 5.86. The fraction of sp³-hybridized carbons (Fsp3) is 0.333. The number of piperazine rings is 1. The van der Waals surface area contributed by atoms with Gasteiger partial charge in [0.15, 0.2) is 11.5 Å². The van der Waals surface area contributed by atoms with E-state index in [1.165, 1.54) is 0 Å². The number of methoxy groups -OCH3 is 1. The number of ether oxygens (including phenoxy) is 2. The summed E-state index contributed by atoms with van der Waals surface area (Å²) < 4.78 is 11.5. The Morgan fingerprint density at radius 3 is 2.71 bits per heavy atom. The van der Waals surface area contributed by atoms with Gasteiger partial charge in [-0.15, -0.1) is 0 Å². The van der Waals surface area contributed by atoms with Crippen LogP contribution in [0.5, 0.6) is 11.5 Å². The summed E-state index contributed by atoms with van der Waals surface area (Å²) in [5.41, 5.74) is 8.31. The van der Waals surface area contributed by atoms with Crippen molar-refractivity contribution in [3.63, 3.8) is 0 Å². The first kappa shape index (κ1) is 21.1. The van der Waals surface area contributed by atoms with Gasteiger partial charge in [-0.2, -0.15) is 0 Å². The molecule has 0 radical (unpaired) electrons. The van der Waals surface area contributed by atoms with E-state index < -0.39 is 5.91 Å². The maximum absolute atomic E-state index is 12.0. The number of hydrogen-bond acceptors (Lipinski definition) is 6.